The van der Waals surface area contributed by atoms with Crippen molar-refractivity contribution in [2.24, 2.45) is 0 Å². The summed E-state index contributed by atoms with van der Waals surface area (Å²) in [4.78, 5) is 12.6. The van der Waals surface area contributed by atoms with Gasteiger partial charge in [0, 0.05) is 17.2 Å². The van der Waals surface area contributed by atoms with Crippen molar-refractivity contribution in [1.29, 1.82) is 0 Å². The number of hydrogen-bond acceptors (Lipinski definition) is 3. The maximum absolute atomic E-state index is 12.6. The molecule has 0 radical (unpaired) electrons. The van der Waals surface area contributed by atoms with Gasteiger partial charge in [0.15, 0.2) is 11.5 Å². The minimum atomic E-state index is -0.549. The summed E-state index contributed by atoms with van der Waals surface area (Å²) >= 11 is 0. The Balaban J connectivity index is 2.04. The van der Waals surface area contributed by atoms with Crippen LogP contribution in [0.3, 0.4) is 0 Å². The van der Waals surface area contributed by atoms with Crippen molar-refractivity contribution in [3.05, 3.63) is 71.3 Å². The average Bonchev–Trinajstić information content (AvgIpc) is 2.46. The number of carbonyl (C=O) groups excluding carboxylic acids is 1. The van der Waals surface area contributed by atoms with Crippen LogP contribution < -0.4 is 10.1 Å². The molecule has 0 amide bonds. The van der Waals surface area contributed by atoms with E-state index in [2.05, 4.69) is 5.32 Å². The van der Waals surface area contributed by atoms with E-state index in [0.29, 0.717) is 0 Å². The van der Waals surface area contributed by atoms with Gasteiger partial charge in [-0.1, -0.05) is 36.4 Å². The molecule has 0 bridgehead atoms. The Kier molecular flexibility index (Phi) is 3.49. The third kappa shape index (κ3) is 2.75. The van der Waals surface area contributed by atoms with E-state index in [1.807, 2.05) is 69.3 Å². The Bertz CT molecular complexity index is 760. The van der Waals surface area contributed by atoms with Crippen molar-refractivity contribution in [3.8, 4) is 5.75 Å². The molecule has 1 aliphatic heterocycles. The molecular formula is C19H19NO2. The highest BCUT2D eigenvalue weighted by Gasteiger charge is 2.29. The smallest absolute Gasteiger partial charge is 0.188 e. The first-order valence-corrected chi connectivity index (χ1v) is 7.34. The molecule has 112 valence electrons. The fraction of sp³-hybridized carbons (Fsp3) is 0.211. The zero-order chi connectivity index (χ0) is 15.7. The third-order valence-electron chi connectivity index (χ3n) is 3.66. The summed E-state index contributed by atoms with van der Waals surface area (Å²) in [5.74, 6) is 0.781. The number of nitrogens with one attached hydrogen (secondary N) is 1. The Hall–Kier alpha value is -2.55. The zero-order valence-corrected chi connectivity index (χ0v) is 13.0. The molecule has 0 atom stereocenters. The summed E-state index contributed by atoms with van der Waals surface area (Å²) in [6, 6.07) is 15.4. The zero-order valence-electron chi connectivity index (χ0n) is 13.0. The van der Waals surface area contributed by atoms with Gasteiger partial charge in [-0.15, -0.1) is 0 Å². The van der Waals surface area contributed by atoms with Gasteiger partial charge >= 0.3 is 0 Å². The van der Waals surface area contributed by atoms with Gasteiger partial charge in [-0.05, 0) is 38.5 Å². The maximum Gasteiger partial charge on any atom is 0.188 e. The second kappa shape index (κ2) is 5.34. The minimum absolute atomic E-state index is 0.00639. The molecule has 0 fully saturated rings. The average molecular weight is 293 g/mol. The molecule has 1 N–H and O–H groups in total. The van der Waals surface area contributed by atoms with Gasteiger partial charge in [-0.25, -0.2) is 0 Å². The van der Waals surface area contributed by atoms with E-state index < -0.39 is 5.72 Å². The lowest BCUT2D eigenvalue weighted by atomic mass is 10.0. The Morgan fingerprint density at radius 2 is 1.77 bits per heavy atom. The van der Waals surface area contributed by atoms with E-state index >= 15 is 0 Å². The van der Waals surface area contributed by atoms with E-state index in [1.54, 1.807) is 6.08 Å². The normalized spacial score (nSPS) is 17.3. The SMILES string of the molecule is Cc1ccccc1C(=O)/C=C1/NC(C)(C)Oc2ccccc21. The van der Waals surface area contributed by atoms with Crippen molar-refractivity contribution in [2.75, 3.05) is 0 Å². The first kappa shape index (κ1) is 14.4. The van der Waals surface area contributed by atoms with E-state index in [0.717, 1.165) is 28.1 Å². The van der Waals surface area contributed by atoms with Crippen LogP contribution in [0.4, 0.5) is 0 Å². The van der Waals surface area contributed by atoms with Crippen LogP contribution in [0, 0.1) is 6.92 Å². The van der Waals surface area contributed by atoms with Crippen molar-refractivity contribution in [2.45, 2.75) is 26.5 Å². The van der Waals surface area contributed by atoms with Crippen molar-refractivity contribution < 1.29 is 9.53 Å². The predicted molar refractivity (Wildman–Crippen MR) is 87.8 cm³/mol. The number of fused-ring (bicyclic) bond motifs is 1. The summed E-state index contributed by atoms with van der Waals surface area (Å²) in [5.41, 5.74) is 2.85. The monoisotopic (exact) mass is 293 g/mol. The first-order valence-electron chi connectivity index (χ1n) is 7.34. The molecule has 0 aromatic heterocycles. The van der Waals surface area contributed by atoms with Crippen molar-refractivity contribution >= 4 is 11.5 Å². The molecule has 3 heteroatoms. The van der Waals surface area contributed by atoms with Crippen LogP contribution in [0.25, 0.3) is 5.70 Å². The summed E-state index contributed by atoms with van der Waals surface area (Å²) in [7, 11) is 0. The fourth-order valence-electron chi connectivity index (χ4n) is 2.64. The maximum atomic E-state index is 12.6. The second-order valence-electron chi connectivity index (χ2n) is 5.97. The van der Waals surface area contributed by atoms with Crippen LogP contribution in [0.2, 0.25) is 0 Å². The van der Waals surface area contributed by atoms with Gasteiger partial charge in [-0.3, -0.25) is 4.79 Å². The number of carbonyl (C=O) groups is 1. The molecule has 2 aromatic rings. The standard InChI is InChI=1S/C19H19NO2/c1-13-8-4-5-9-14(13)17(21)12-16-15-10-6-7-11-18(15)22-19(2,3)20-16/h4-12,20H,1-3H3/b16-12+. The van der Waals surface area contributed by atoms with Gasteiger partial charge in [0.2, 0.25) is 0 Å². The Morgan fingerprint density at radius 3 is 2.55 bits per heavy atom. The van der Waals surface area contributed by atoms with Crippen molar-refractivity contribution in [1.82, 2.24) is 5.32 Å². The van der Waals surface area contributed by atoms with Crippen LogP contribution in [-0.2, 0) is 0 Å². The largest absolute Gasteiger partial charge is 0.468 e. The minimum Gasteiger partial charge on any atom is -0.468 e. The number of hydrogen-bond donors (Lipinski definition) is 1. The Labute approximate surface area is 130 Å². The summed E-state index contributed by atoms with van der Waals surface area (Å²) in [6.07, 6.45) is 1.66. The molecule has 22 heavy (non-hydrogen) atoms. The van der Waals surface area contributed by atoms with Gasteiger partial charge in [-0.2, -0.15) is 0 Å². The lowest BCUT2D eigenvalue weighted by molar-refractivity contribution is 0.0816. The third-order valence-corrected chi connectivity index (χ3v) is 3.66. The summed E-state index contributed by atoms with van der Waals surface area (Å²) in [5, 5.41) is 3.29. The van der Waals surface area contributed by atoms with Crippen LogP contribution >= 0.6 is 0 Å². The molecule has 2 aromatic carbocycles. The van der Waals surface area contributed by atoms with Crippen molar-refractivity contribution in [3.63, 3.8) is 0 Å². The van der Waals surface area contributed by atoms with Crippen LogP contribution in [0.5, 0.6) is 5.75 Å². The molecular weight excluding hydrogens is 274 g/mol. The van der Waals surface area contributed by atoms with E-state index in [9.17, 15) is 4.79 Å². The summed E-state index contributed by atoms with van der Waals surface area (Å²) in [6.45, 7) is 5.82. The number of aryl methyl sites for hydroxylation is 1. The number of allylic oxidation sites excluding steroid dienone is 1. The van der Waals surface area contributed by atoms with Crippen LogP contribution in [0.1, 0.15) is 35.3 Å². The predicted octanol–water partition coefficient (Wildman–Crippen LogP) is 3.94. The van der Waals surface area contributed by atoms with Gasteiger partial charge in [0.05, 0.1) is 5.70 Å². The molecule has 0 saturated heterocycles. The molecule has 0 saturated carbocycles. The molecule has 0 unspecified atom stereocenters. The first-order chi connectivity index (χ1) is 10.5. The second-order valence-corrected chi connectivity index (χ2v) is 5.97. The Morgan fingerprint density at radius 1 is 1.09 bits per heavy atom. The molecule has 0 spiro atoms. The quantitative estimate of drug-likeness (QED) is 0.673. The number of ketones is 1. The molecule has 1 aliphatic rings. The summed E-state index contributed by atoms with van der Waals surface area (Å²) < 4.78 is 5.90. The highest BCUT2D eigenvalue weighted by molar-refractivity contribution is 6.09. The number of rotatable bonds is 2. The molecule has 0 aliphatic carbocycles. The van der Waals surface area contributed by atoms with E-state index in [-0.39, 0.29) is 5.78 Å². The highest BCUT2D eigenvalue weighted by atomic mass is 16.5. The number of para-hydroxylation sites is 1. The molecule has 1 heterocycles. The number of benzene rings is 2. The van der Waals surface area contributed by atoms with Crippen LogP contribution in [0.15, 0.2) is 54.6 Å². The highest BCUT2D eigenvalue weighted by Crippen LogP contribution is 2.33. The van der Waals surface area contributed by atoms with E-state index in [4.69, 9.17) is 4.74 Å². The lowest BCUT2D eigenvalue weighted by Crippen LogP contribution is -2.46. The molecule has 3 nitrogen and oxygen atoms in total. The number of ether oxygens (including phenoxy) is 1. The van der Waals surface area contributed by atoms with E-state index in [1.165, 1.54) is 0 Å². The molecule has 3 rings (SSSR count). The van der Waals surface area contributed by atoms with Crippen LogP contribution in [-0.4, -0.2) is 11.5 Å². The van der Waals surface area contributed by atoms with Gasteiger partial charge < -0.3 is 10.1 Å². The lowest BCUT2D eigenvalue weighted by Gasteiger charge is -2.36. The fourth-order valence-corrected chi connectivity index (χ4v) is 2.64. The topological polar surface area (TPSA) is 38.3 Å². The van der Waals surface area contributed by atoms with Gasteiger partial charge in [0.25, 0.3) is 0 Å². The van der Waals surface area contributed by atoms with Gasteiger partial charge in [0.1, 0.15) is 5.75 Å².